The topological polar surface area (TPSA) is 26.3 Å². The van der Waals surface area contributed by atoms with Gasteiger partial charge in [-0.25, -0.2) is 0 Å². The van der Waals surface area contributed by atoms with Gasteiger partial charge in [0, 0.05) is 0 Å². The minimum atomic E-state index is 0.158. The normalized spacial score (nSPS) is 29.8. The van der Waals surface area contributed by atoms with Gasteiger partial charge in [0.1, 0.15) is 6.10 Å². The Kier molecular flexibility index (Phi) is 3.14. The highest BCUT2D eigenvalue weighted by Crippen LogP contribution is 2.30. The molecule has 0 amide bonds. The molecule has 1 rings (SSSR count). The molecule has 1 aliphatic carbocycles. The number of rotatable bonds is 4. The Morgan fingerprint density at radius 2 is 2.36 bits per heavy atom. The van der Waals surface area contributed by atoms with Gasteiger partial charge in [0.2, 0.25) is 0 Å². The van der Waals surface area contributed by atoms with E-state index in [4.69, 9.17) is 4.74 Å². The van der Waals surface area contributed by atoms with Crippen molar-refractivity contribution >= 4 is 6.47 Å². The maximum atomic E-state index is 10.1. The fraction of sp³-hybridized carbons (Fsp3) is 0.667. The largest absolute Gasteiger partial charge is 0.464 e. The Balaban J connectivity index is 2.36. The summed E-state index contributed by atoms with van der Waals surface area (Å²) in [6.45, 7) is 4.24. The summed E-state index contributed by atoms with van der Waals surface area (Å²) < 4.78 is 4.94. The number of allylic oxidation sites excluding steroid dienone is 1. The van der Waals surface area contributed by atoms with Crippen LogP contribution in [0.5, 0.6) is 0 Å². The average molecular weight is 154 g/mol. The first kappa shape index (κ1) is 8.31. The van der Waals surface area contributed by atoms with Gasteiger partial charge in [-0.3, -0.25) is 4.79 Å². The van der Waals surface area contributed by atoms with Crippen molar-refractivity contribution in [1.82, 2.24) is 0 Å². The lowest BCUT2D eigenvalue weighted by Gasteiger charge is -2.15. The van der Waals surface area contributed by atoms with E-state index in [0.717, 1.165) is 12.8 Å². The van der Waals surface area contributed by atoms with E-state index in [1.54, 1.807) is 0 Å². The highest BCUT2D eigenvalue weighted by Gasteiger charge is 2.26. The lowest BCUT2D eigenvalue weighted by molar-refractivity contribution is -0.135. The van der Waals surface area contributed by atoms with Gasteiger partial charge in [-0.2, -0.15) is 0 Å². The van der Waals surface area contributed by atoms with E-state index in [2.05, 4.69) is 6.58 Å². The quantitative estimate of drug-likeness (QED) is 0.456. The predicted molar refractivity (Wildman–Crippen MR) is 43.1 cm³/mol. The van der Waals surface area contributed by atoms with E-state index < -0.39 is 0 Å². The van der Waals surface area contributed by atoms with Gasteiger partial charge in [-0.1, -0.05) is 6.08 Å². The van der Waals surface area contributed by atoms with Crippen LogP contribution in [0.25, 0.3) is 0 Å². The van der Waals surface area contributed by atoms with Gasteiger partial charge < -0.3 is 4.74 Å². The molecule has 0 aromatic heterocycles. The van der Waals surface area contributed by atoms with Crippen molar-refractivity contribution in [2.45, 2.75) is 31.8 Å². The van der Waals surface area contributed by atoms with Crippen LogP contribution in [-0.2, 0) is 9.53 Å². The van der Waals surface area contributed by atoms with Crippen molar-refractivity contribution in [3.8, 4) is 0 Å². The number of carbonyl (C=O) groups excluding carboxylic acids is 1. The Morgan fingerprint density at radius 1 is 1.55 bits per heavy atom. The lowest BCUT2D eigenvalue weighted by atomic mass is 10.0. The smallest absolute Gasteiger partial charge is 0.293 e. The molecule has 2 atom stereocenters. The summed E-state index contributed by atoms with van der Waals surface area (Å²) in [5, 5.41) is 0. The molecular formula is C9H14O2. The average Bonchev–Trinajstić information content (AvgIpc) is 2.39. The molecule has 0 aromatic rings. The summed E-state index contributed by atoms with van der Waals surface area (Å²) in [7, 11) is 0. The molecule has 0 unspecified atom stereocenters. The molecule has 0 spiro atoms. The molecule has 62 valence electrons. The third-order valence-electron chi connectivity index (χ3n) is 2.29. The van der Waals surface area contributed by atoms with E-state index in [1.165, 1.54) is 12.8 Å². The molecule has 0 radical (unpaired) electrons. The Bertz CT molecular complexity index is 126. The van der Waals surface area contributed by atoms with Crippen LogP contribution in [0, 0.1) is 5.92 Å². The minimum Gasteiger partial charge on any atom is -0.464 e. The molecule has 0 N–H and O–H groups in total. The molecule has 0 bridgehead atoms. The van der Waals surface area contributed by atoms with Gasteiger partial charge >= 0.3 is 0 Å². The SMILES string of the molecule is C=CC[C@H]1CCC[C@H]1OC=O. The molecule has 2 heteroatoms. The van der Waals surface area contributed by atoms with Crippen molar-refractivity contribution in [2.24, 2.45) is 5.92 Å². The Hall–Kier alpha value is -0.790. The second-order valence-corrected chi connectivity index (χ2v) is 2.99. The highest BCUT2D eigenvalue weighted by molar-refractivity contribution is 5.37. The fourth-order valence-electron chi connectivity index (χ4n) is 1.74. The highest BCUT2D eigenvalue weighted by atomic mass is 16.5. The molecule has 0 aliphatic heterocycles. The third-order valence-corrected chi connectivity index (χ3v) is 2.29. The number of hydrogen-bond donors (Lipinski definition) is 0. The molecule has 1 aliphatic rings. The molecule has 0 heterocycles. The zero-order valence-electron chi connectivity index (χ0n) is 6.66. The summed E-state index contributed by atoms with van der Waals surface area (Å²) in [4.78, 5) is 10.1. The molecule has 2 nitrogen and oxygen atoms in total. The van der Waals surface area contributed by atoms with Crippen molar-refractivity contribution in [3.63, 3.8) is 0 Å². The fourth-order valence-corrected chi connectivity index (χ4v) is 1.74. The predicted octanol–water partition coefficient (Wildman–Crippen LogP) is 1.90. The molecule has 0 aromatic carbocycles. The summed E-state index contributed by atoms with van der Waals surface area (Å²) in [5.74, 6) is 0.526. The van der Waals surface area contributed by atoms with Crippen LogP contribution in [0.3, 0.4) is 0 Å². The van der Waals surface area contributed by atoms with Gasteiger partial charge in [-0.05, 0) is 31.6 Å². The maximum absolute atomic E-state index is 10.1. The second kappa shape index (κ2) is 4.16. The Morgan fingerprint density at radius 3 is 3.00 bits per heavy atom. The van der Waals surface area contributed by atoms with Crippen LogP contribution in [0.15, 0.2) is 12.7 Å². The summed E-state index contributed by atoms with van der Waals surface area (Å²) in [5.41, 5.74) is 0. The molecule has 0 saturated heterocycles. The van der Waals surface area contributed by atoms with E-state index in [1.807, 2.05) is 6.08 Å². The van der Waals surface area contributed by atoms with Crippen LogP contribution in [-0.4, -0.2) is 12.6 Å². The van der Waals surface area contributed by atoms with Crippen molar-refractivity contribution in [1.29, 1.82) is 0 Å². The lowest BCUT2D eigenvalue weighted by Crippen LogP contribution is -2.16. The van der Waals surface area contributed by atoms with Gasteiger partial charge in [0.05, 0.1) is 0 Å². The summed E-state index contributed by atoms with van der Waals surface area (Å²) in [6, 6.07) is 0. The zero-order chi connectivity index (χ0) is 8.10. The minimum absolute atomic E-state index is 0.158. The standard InChI is InChI=1S/C9H14O2/c1-2-4-8-5-3-6-9(8)11-7-10/h2,7-9H,1,3-6H2/t8-,9+/m0/s1. The third kappa shape index (κ3) is 2.07. The van der Waals surface area contributed by atoms with Crippen LogP contribution in [0.1, 0.15) is 25.7 Å². The molecular weight excluding hydrogens is 140 g/mol. The van der Waals surface area contributed by atoms with Crippen molar-refractivity contribution in [3.05, 3.63) is 12.7 Å². The van der Waals surface area contributed by atoms with Crippen LogP contribution in [0.2, 0.25) is 0 Å². The monoisotopic (exact) mass is 154 g/mol. The van der Waals surface area contributed by atoms with Gasteiger partial charge in [-0.15, -0.1) is 6.58 Å². The first-order chi connectivity index (χ1) is 5.38. The van der Waals surface area contributed by atoms with Gasteiger partial charge in [0.15, 0.2) is 0 Å². The number of hydrogen-bond acceptors (Lipinski definition) is 2. The van der Waals surface area contributed by atoms with Crippen molar-refractivity contribution < 1.29 is 9.53 Å². The first-order valence-electron chi connectivity index (χ1n) is 4.08. The number of carbonyl (C=O) groups is 1. The van der Waals surface area contributed by atoms with Crippen LogP contribution >= 0.6 is 0 Å². The number of ether oxygens (including phenoxy) is 1. The van der Waals surface area contributed by atoms with E-state index >= 15 is 0 Å². The summed E-state index contributed by atoms with van der Waals surface area (Å²) in [6.07, 6.45) is 6.40. The Labute approximate surface area is 67.2 Å². The van der Waals surface area contributed by atoms with E-state index in [0.29, 0.717) is 12.4 Å². The van der Waals surface area contributed by atoms with E-state index in [-0.39, 0.29) is 6.10 Å². The summed E-state index contributed by atoms with van der Waals surface area (Å²) >= 11 is 0. The second-order valence-electron chi connectivity index (χ2n) is 2.99. The van der Waals surface area contributed by atoms with Crippen molar-refractivity contribution in [2.75, 3.05) is 0 Å². The zero-order valence-corrected chi connectivity index (χ0v) is 6.66. The van der Waals surface area contributed by atoms with Crippen LogP contribution in [0.4, 0.5) is 0 Å². The molecule has 1 fully saturated rings. The molecule has 1 saturated carbocycles. The van der Waals surface area contributed by atoms with E-state index in [9.17, 15) is 4.79 Å². The van der Waals surface area contributed by atoms with Gasteiger partial charge in [0.25, 0.3) is 6.47 Å². The first-order valence-corrected chi connectivity index (χ1v) is 4.08. The van der Waals surface area contributed by atoms with Crippen LogP contribution < -0.4 is 0 Å². The maximum Gasteiger partial charge on any atom is 0.293 e. The molecule has 11 heavy (non-hydrogen) atoms.